The van der Waals surface area contributed by atoms with Crippen LogP contribution in [0.3, 0.4) is 0 Å². The average molecular weight is 334 g/mol. The number of carbonyl (C=O) groups is 1. The molecule has 0 saturated carbocycles. The number of hydrogen-bond acceptors (Lipinski definition) is 5. The number of methoxy groups -OCH3 is 1. The van der Waals surface area contributed by atoms with Crippen LogP contribution in [0.5, 0.6) is 0 Å². The van der Waals surface area contributed by atoms with Crippen LogP contribution in [0.4, 0.5) is 10.5 Å². The highest BCUT2D eigenvalue weighted by atomic mass is 35.5. The van der Waals surface area contributed by atoms with E-state index >= 15 is 0 Å². The Kier molecular flexibility index (Phi) is 4.60. The molecular formula is C12H16ClN3O4S. The molecule has 1 aliphatic rings. The van der Waals surface area contributed by atoms with Gasteiger partial charge in [0.05, 0.1) is 12.1 Å². The van der Waals surface area contributed by atoms with Gasteiger partial charge in [-0.1, -0.05) is 11.6 Å². The number of nitrogens with one attached hydrogen (secondary N) is 1. The minimum atomic E-state index is -3.71. The molecule has 1 aliphatic heterocycles. The molecule has 1 amide bonds. The van der Waals surface area contributed by atoms with Gasteiger partial charge in [0.25, 0.3) is 0 Å². The first-order chi connectivity index (χ1) is 9.84. The van der Waals surface area contributed by atoms with Crippen LogP contribution in [-0.4, -0.2) is 45.1 Å². The zero-order valence-corrected chi connectivity index (χ0v) is 12.9. The second-order valence-corrected chi connectivity index (χ2v) is 6.99. The molecule has 116 valence electrons. The summed E-state index contributed by atoms with van der Waals surface area (Å²) in [5.41, 5.74) is 5.96. The molecule has 0 aromatic heterocycles. The second-order valence-electron chi connectivity index (χ2n) is 4.67. The summed E-state index contributed by atoms with van der Waals surface area (Å²) in [5.74, 6) is 0. The Balaban J connectivity index is 2.16. The summed E-state index contributed by atoms with van der Waals surface area (Å²) in [7, 11) is -2.45. The molecule has 1 saturated heterocycles. The van der Waals surface area contributed by atoms with Gasteiger partial charge in [-0.3, -0.25) is 0 Å². The number of hydrogen-bond donors (Lipinski definition) is 2. The molecule has 1 unspecified atom stereocenters. The maximum absolute atomic E-state index is 12.5. The normalized spacial score (nSPS) is 19.4. The van der Waals surface area contributed by atoms with Crippen LogP contribution in [0.1, 0.15) is 6.42 Å². The fourth-order valence-corrected chi connectivity index (χ4v) is 4.18. The molecule has 9 heteroatoms. The Labute approximate surface area is 128 Å². The lowest BCUT2D eigenvalue weighted by molar-refractivity contribution is 0.167. The number of carbonyl (C=O) groups excluding carboxylic acids is 1. The number of benzene rings is 1. The number of nitrogens with two attached hydrogens (primary N) is 1. The van der Waals surface area contributed by atoms with Crippen molar-refractivity contribution < 1.29 is 17.9 Å². The highest BCUT2D eigenvalue weighted by Crippen LogP contribution is 2.28. The maximum atomic E-state index is 12.5. The van der Waals surface area contributed by atoms with Gasteiger partial charge in [0.2, 0.25) is 10.0 Å². The number of amides is 1. The predicted octanol–water partition coefficient (Wildman–Crippen LogP) is 1.04. The summed E-state index contributed by atoms with van der Waals surface area (Å²) < 4.78 is 30.8. The number of rotatable bonds is 3. The van der Waals surface area contributed by atoms with E-state index in [0.29, 0.717) is 18.7 Å². The summed E-state index contributed by atoms with van der Waals surface area (Å²) >= 11 is 5.96. The van der Waals surface area contributed by atoms with Crippen molar-refractivity contribution in [2.45, 2.75) is 17.4 Å². The SMILES string of the molecule is COC(=O)NC1CCN(S(=O)(=O)c2ccc(N)cc2Cl)C1. The second kappa shape index (κ2) is 6.08. The highest BCUT2D eigenvalue weighted by Gasteiger charge is 2.34. The quantitative estimate of drug-likeness (QED) is 0.805. The van der Waals surface area contributed by atoms with Crippen LogP contribution in [0.2, 0.25) is 5.02 Å². The fraction of sp³-hybridized carbons (Fsp3) is 0.417. The largest absolute Gasteiger partial charge is 0.453 e. The first kappa shape index (κ1) is 15.9. The van der Waals surface area contributed by atoms with E-state index in [2.05, 4.69) is 10.1 Å². The van der Waals surface area contributed by atoms with E-state index in [0.717, 1.165) is 0 Å². The van der Waals surface area contributed by atoms with Crippen LogP contribution in [0, 0.1) is 0 Å². The summed E-state index contributed by atoms with van der Waals surface area (Å²) in [6.45, 7) is 0.482. The van der Waals surface area contributed by atoms with Crippen LogP contribution >= 0.6 is 11.6 Å². The number of sulfonamides is 1. The average Bonchev–Trinajstić information content (AvgIpc) is 2.87. The number of halogens is 1. The van der Waals surface area contributed by atoms with Gasteiger partial charge >= 0.3 is 6.09 Å². The van der Waals surface area contributed by atoms with Crippen LogP contribution in [0.25, 0.3) is 0 Å². The van der Waals surface area contributed by atoms with Gasteiger partial charge < -0.3 is 15.8 Å². The number of ether oxygens (including phenoxy) is 1. The van der Waals surface area contributed by atoms with Gasteiger partial charge in [0, 0.05) is 24.8 Å². The molecular weight excluding hydrogens is 318 g/mol. The van der Waals surface area contributed by atoms with Crippen molar-refractivity contribution in [2.75, 3.05) is 25.9 Å². The number of alkyl carbamates (subject to hydrolysis) is 1. The van der Waals surface area contributed by atoms with E-state index in [-0.39, 0.29) is 22.5 Å². The molecule has 1 aromatic carbocycles. The van der Waals surface area contributed by atoms with E-state index in [1.54, 1.807) is 0 Å². The van der Waals surface area contributed by atoms with Crippen LogP contribution in [0.15, 0.2) is 23.1 Å². The lowest BCUT2D eigenvalue weighted by Gasteiger charge is -2.18. The van der Waals surface area contributed by atoms with Crippen molar-refractivity contribution in [3.05, 3.63) is 23.2 Å². The molecule has 3 N–H and O–H groups in total. The van der Waals surface area contributed by atoms with Crippen molar-refractivity contribution in [3.63, 3.8) is 0 Å². The zero-order valence-electron chi connectivity index (χ0n) is 11.4. The van der Waals surface area contributed by atoms with Gasteiger partial charge in [0.15, 0.2) is 0 Å². The van der Waals surface area contributed by atoms with Gasteiger partial charge in [0.1, 0.15) is 4.90 Å². The summed E-state index contributed by atoms with van der Waals surface area (Å²) in [6, 6.07) is 3.99. The molecule has 1 heterocycles. The third-order valence-corrected chi connectivity index (χ3v) is 5.58. The molecule has 1 aromatic rings. The number of nitrogen functional groups attached to an aromatic ring is 1. The molecule has 21 heavy (non-hydrogen) atoms. The first-order valence-corrected chi connectivity index (χ1v) is 8.06. The highest BCUT2D eigenvalue weighted by molar-refractivity contribution is 7.89. The van der Waals surface area contributed by atoms with Crippen molar-refractivity contribution in [1.82, 2.24) is 9.62 Å². The Hall–Kier alpha value is -1.51. The van der Waals surface area contributed by atoms with Crippen molar-refractivity contribution >= 4 is 33.4 Å². The Bertz CT molecular complexity index is 650. The maximum Gasteiger partial charge on any atom is 0.407 e. The lowest BCUT2D eigenvalue weighted by Crippen LogP contribution is -2.38. The van der Waals surface area contributed by atoms with Gasteiger partial charge in [-0.2, -0.15) is 4.31 Å². The first-order valence-electron chi connectivity index (χ1n) is 6.24. The minimum Gasteiger partial charge on any atom is -0.453 e. The van der Waals surface area contributed by atoms with E-state index < -0.39 is 16.1 Å². The van der Waals surface area contributed by atoms with Gasteiger partial charge in [-0.25, -0.2) is 13.2 Å². The number of nitrogens with zero attached hydrogens (tertiary/aromatic N) is 1. The topological polar surface area (TPSA) is 102 Å². The van der Waals surface area contributed by atoms with E-state index in [4.69, 9.17) is 17.3 Å². The molecule has 7 nitrogen and oxygen atoms in total. The molecule has 0 aliphatic carbocycles. The van der Waals surface area contributed by atoms with E-state index in [9.17, 15) is 13.2 Å². The Morgan fingerprint density at radius 2 is 2.24 bits per heavy atom. The third kappa shape index (κ3) is 3.39. The van der Waals surface area contributed by atoms with Crippen LogP contribution in [-0.2, 0) is 14.8 Å². The molecule has 0 radical (unpaired) electrons. The van der Waals surface area contributed by atoms with Crippen molar-refractivity contribution in [2.24, 2.45) is 0 Å². The van der Waals surface area contributed by atoms with Crippen molar-refractivity contribution in [1.29, 1.82) is 0 Å². The van der Waals surface area contributed by atoms with E-state index in [1.807, 2.05) is 0 Å². The van der Waals surface area contributed by atoms with Crippen molar-refractivity contribution in [3.8, 4) is 0 Å². The Morgan fingerprint density at radius 3 is 2.86 bits per heavy atom. The van der Waals surface area contributed by atoms with Crippen LogP contribution < -0.4 is 11.1 Å². The van der Waals surface area contributed by atoms with Gasteiger partial charge in [-0.05, 0) is 24.6 Å². The molecule has 2 rings (SSSR count). The smallest absolute Gasteiger partial charge is 0.407 e. The standard InChI is InChI=1S/C12H16ClN3O4S/c1-20-12(17)15-9-4-5-16(7-9)21(18,19)11-3-2-8(14)6-10(11)13/h2-3,6,9H,4-5,7,14H2,1H3,(H,15,17). The monoisotopic (exact) mass is 333 g/mol. The summed E-state index contributed by atoms with van der Waals surface area (Å²) in [4.78, 5) is 11.2. The number of anilines is 1. The molecule has 0 spiro atoms. The summed E-state index contributed by atoms with van der Waals surface area (Å²) in [6.07, 6.45) is -0.0641. The molecule has 1 fully saturated rings. The molecule has 0 bridgehead atoms. The minimum absolute atomic E-state index is 0.0112. The van der Waals surface area contributed by atoms with Gasteiger partial charge in [-0.15, -0.1) is 0 Å². The molecule has 1 atom stereocenters. The fourth-order valence-electron chi connectivity index (χ4n) is 2.16. The summed E-state index contributed by atoms with van der Waals surface area (Å²) in [5, 5.41) is 2.67. The van der Waals surface area contributed by atoms with E-state index in [1.165, 1.54) is 29.6 Å². The predicted molar refractivity (Wildman–Crippen MR) is 78.6 cm³/mol. The Morgan fingerprint density at radius 1 is 1.52 bits per heavy atom. The third-order valence-electron chi connectivity index (χ3n) is 3.23. The lowest BCUT2D eigenvalue weighted by atomic mass is 10.3. The zero-order chi connectivity index (χ0) is 15.6.